The molecule has 13 heteroatoms. The van der Waals surface area contributed by atoms with E-state index in [-0.39, 0.29) is 23.4 Å². The van der Waals surface area contributed by atoms with E-state index in [1.807, 2.05) is 18.2 Å². The highest BCUT2D eigenvalue weighted by Gasteiger charge is 2.22. The van der Waals surface area contributed by atoms with Gasteiger partial charge in [0.1, 0.15) is 23.1 Å². The summed E-state index contributed by atoms with van der Waals surface area (Å²) in [6, 6.07) is 12.9. The summed E-state index contributed by atoms with van der Waals surface area (Å²) in [5.41, 5.74) is 5.63. The van der Waals surface area contributed by atoms with Gasteiger partial charge in [-0.25, -0.2) is 15.2 Å². The second kappa shape index (κ2) is 13.0. The molecule has 0 spiro atoms. The Balaban J connectivity index is 1.42. The second-order valence-corrected chi connectivity index (χ2v) is 9.50. The van der Waals surface area contributed by atoms with Crippen molar-refractivity contribution in [3.63, 3.8) is 0 Å². The Morgan fingerprint density at radius 2 is 1.85 bits per heavy atom. The summed E-state index contributed by atoms with van der Waals surface area (Å²) < 4.78 is 16.5. The van der Waals surface area contributed by atoms with Crippen molar-refractivity contribution in [2.24, 2.45) is 0 Å². The number of hydrogen-bond donors (Lipinski definition) is 2. The fourth-order valence-electron chi connectivity index (χ4n) is 4.51. The van der Waals surface area contributed by atoms with E-state index < -0.39 is 5.97 Å². The molecule has 212 valence electrons. The zero-order valence-corrected chi connectivity index (χ0v) is 23.2. The molecule has 0 atom stereocenters. The summed E-state index contributed by atoms with van der Waals surface area (Å²) in [7, 11) is 2.95. The van der Waals surface area contributed by atoms with Crippen molar-refractivity contribution in [1.82, 2.24) is 14.9 Å². The Labute approximate surface area is 237 Å². The Kier molecular flexibility index (Phi) is 9.01. The molecule has 1 aromatic heterocycles. The highest BCUT2D eigenvalue weighted by Crippen LogP contribution is 2.34. The molecule has 3 aromatic rings. The number of benzene rings is 2. The number of piperazine rings is 1. The van der Waals surface area contributed by atoms with Crippen molar-refractivity contribution in [2.75, 3.05) is 87.6 Å². The number of anilines is 5. The van der Waals surface area contributed by atoms with Gasteiger partial charge < -0.3 is 24.4 Å². The molecule has 40 heavy (non-hydrogen) atoms. The van der Waals surface area contributed by atoms with Gasteiger partial charge >= 0.3 is 5.97 Å². The van der Waals surface area contributed by atoms with E-state index in [9.17, 15) is 4.79 Å². The fourth-order valence-corrected chi connectivity index (χ4v) is 4.65. The fraction of sp³-hybridized carbons (Fsp3) is 0.370. The first-order valence-electron chi connectivity index (χ1n) is 13.0. The van der Waals surface area contributed by atoms with E-state index >= 15 is 0 Å². The minimum absolute atomic E-state index is 0.197. The first-order chi connectivity index (χ1) is 19.6. The number of rotatable bonds is 6. The number of carbonyl (C=O) groups excluding carboxylic acids is 1. The van der Waals surface area contributed by atoms with E-state index in [0.717, 1.165) is 38.4 Å². The molecule has 4 aliphatic heterocycles. The third-order valence-corrected chi connectivity index (χ3v) is 6.93. The van der Waals surface area contributed by atoms with Crippen molar-refractivity contribution in [3.8, 4) is 5.75 Å². The van der Waals surface area contributed by atoms with Crippen LogP contribution in [-0.2, 0) is 14.3 Å². The van der Waals surface area contributed by atoms with Gasteiger partial charge in [0, 0.05) is 44.5 Å². The Morgan fingerprint density at radius 1 is 1.02 bits per heavy atom. The minimum Gasteiger partial charge on any atom is -0.494 e. The molecule has 12 nitrogen and oxygen atoms in total. The van der Waals surface area contributed by atoms with E-state index in [4.69, 9.17) is 30.6 Å². The van der Waals surface area contributed by atoms with Gasteiger partial charge in [-0.05, 0) is 24.3 Å². The number of fused-ring (bicyclic) bond motifs is 2. The third kappa shape index (κ3) is 6.48. The maximum absolute atomic E-state index is 12.2. The monoisotopic (exact) mass is 569 g/mol. The van der Waals surface area contributed by atoms with E-state index in [1.54, 1.807) is 31.4 Å². The molecule has 7 rings (SSSR count). The van der Waals surface area contributed by atoms with Crippen LogP contribution in [-0.4, -0.2) is 87.6 Å². The first kappa shape index (κ1) is 27.7. The lowest BCUT2D eigenvalue weighted by atomic mass is 10.2. The molecular formula is C27H32ClN7O5. The van der Waals surface area contributed by atoms with Crippen molar-refractivity contribution < 1.29 is 23.8 Å². The molecule has 4 aliphatic rings. The summed E-state index contributed by atoms with van der Waals surface area (Å²) >= 11 is 6.41. The smallest absolute Gasteiger partial charge is 0.339 e. The number of hydrazine groups is 1. The molecule has 5 heterocycles. The lowest BCUT2D eigenvalue weighted by Crippen LogP contribution is -2.47. The van der Waals surface area contributed by atoms with Gasteiger partial charge in [0.05, 0.1) is 44.9 Å². The molecule has 1 saturated heterocycles. The van der Waals surface area contributed by atoms with Gasteiger partial charge in [-0.15, -0.1) is 0 Å². The number of esters is 1. The maximum atomic E-state index is 12.2. The van der Waals surface area contributed by atoms with E-state index in [0.29, 0.717) is 35.9 Å². The second-order valence-electron chi connectivity index (χ2n) is 9.09. The number of carbonyl (C=O) groups is 1. The largest absolute Gasteiger partial charge is 0.494 e. The predicted octanol–water partition coefficient (Wildman–Crippen LogP) is 3.59. The van der Waals surface area contributed by atoms with Crippen LogP contribution in [0.25, 0.3) is 0 Å². The molecule has 0 unspecified atom stereocenters. The van der Waals surface area contributed by atoms with Gasteiger partial charge in [-0.1, -0.05) is 23.7 Å². The molecule has 2 aromatic carbocycles. The summed E-state index contributed by atoms with van der Waals surface area (Å²) in [5, 5.41) is 4.82. The number of aromatic nitrogens is 2. The van der Waals surface area contributed by atoms with Crippen LogP contribution >= 0.6 is 11.6 Å². The number of nitrogens with zero attached hydrogens (tertiary/aromatic N) is 5. The van der Waals surface area contributed by atoms with Gasteiger partial charge in [0.15, 0.2) is 5.82 Å². The van der Waals surface area contributed by atoms with Gasteiger partial charge in [-0.3, -0.25) is 9.74 Å². The lowest BCUT2D eigenvalue weighted by Gasteiger charge is -2.36. The number of methoxy groups -OCH3 is 2. The molecule has 2 N–H and O–H groups in total. The average Bonchev–Trinajstić information content (AvgIpc) is 3.01. The highest BCUT2D eigenvalue weighted by molar-refractivity contribution is 6.33. The molecule has 0 radical (unpaired) electrons. The number of para-hydroxylation sites is 1. The van der Waals surface area contributed by atoms with Crippen LogP contribution in [0, 0.1) is 0 Å². The Hall–Kier alpha value is -3.84. The number of halogens is 1. The first-order valence-corrected chi connectivity index (χ1v) is 13.3. The topological polar surface area (TPSA) is 114 Å². The van der Waals surface area contributed by atoms with Crippen molar-refractivity contribution in [3.05, 3.63) is 59.2 Å². The van der Waals surface area contributed by atoms with Crippen molar-refractivity contribution in [2.45, 2.75) is 0 Å². The van der Waals surface area contributed by atoms with E-state index in [1.165, 1.54) is 18.5 Å². The van der Waals surface area contributed by atoms with Crippen LogP contribution in [0.2, 0.25) is 5.02 Å². The molecule has 1 fully saturated rings. The zero-order valence-electron chi connectivity index (χ0n) is 22.4. The van der Waals surface area contributed by atoms with E-state index in [2.05, 4.69) is 30.5 Å². The predicted molar refractivity (Wildman–Crippen MR) is 153 cm³/mol. The normalized spacial score (nSPS) is 16.3. The average molecular weight is 570 g/mol. The SMILES string of the molecule is COC(=O)c1ccccc1Nc1nc(NN2OCCOCCN3CCN(CC3)c3ccc2c(OC)c3)ncc1Cl. The van der Waals surface area contributed by atoms with Crippen LogP contribution in [0.15, 0.2) is 48.7 Å². The highest BCUT2D eigenvalue weighted by atomic mass is 35.5. The number of hydrogen-bond acceptors (Lipinski definition) is 12. The Morgan fingerprint density at radius 3 is 2.65 bits per heavy atom. The molecule has 0 aliphatic carbocycles. The molecule has 4 bridgehead atoms. The molecule has 0 amide bonds. The van der Waals surface area contributed by atoms with Gasteiger partial charge in [0.2, 0.25) is 5.95 Å². The number of ether oxygens (including phenoxy) is 3. The van der Waals surface area contributed by atoms with Crippen molar-refractivity contribution in [1.29, 1.82) is 0 Å². The molecule has 0 saturated carbocycles. The molecular weight excluding hydrogens is 538 g/mol. The van der Waals surface area contributed by atoms with Crippen LogP contribution in [0.3, 0.4) is 0 Å². The van der Waals surface area contributed by atoms with Gasteiger partial charge in [-0.2, -0.15) is 10.2 Å². The van der Waals surface area contributed by atoms with Crippen LogP contribution in [0.5, 0.6) is 5.75 Å². The minimum atomic E-state index is -0.485. The Bertz CT molecular complexity index is 1320. The standard InChI is InChI=1S/C27H32ClN7O5/c1-37-24-17-19-7-8-23(24)35(40-16-15-39-14-13-33-9-11-34(19)12-10-33)32-27-29-18-21(28)25(31-27)30-22-6-4-3-5-20(22)26(36)38-2/h3-8,17-18H,9-16H2,1-2H3,(H2,29,30,31,32). The van der Waals surface area contributed by atoms with Crippen molar-refractivity contribution >= 4 is 46.4 Å². The summed E-state index contributed by atoms with van der Waals surface area (Å²) in [6.07, 6.45) is 1.45. The van der Waals surface area contributed by atoms with Crippen LogP contribution in [0.1, 0.15) is 10.4 Å². The third-order valence-electron chi connectivity index (χ3n) is 6.65. The van der Waals surface area contributed by atoms with Crippen LogP contribution < -0.4 is 25.6 Å². The summed E-state index contributed by atoms with van der Waals surface area (Å²) in [4.78, 5) is 31.9. The lowest BCUT2D eigenvalue weighted by molar-refractivity contribution is 0.0323. The summed E-state index contributed by atoms with van der Waals surface area (Å²) in [5.74, 6) is 0.615. The quantitative estimate of drug-likeness (QED) is 0.423. The van der Waals surface area contributed by atoms with Gasteiger partial charge in [0.25, 0.3) is 0 Å². The van der Waals surface area contributed by atoms with Crippen LogP contribution in [0.4, 0.5) is 28.8 Å². The number of nitrogens with one attached hydrogen (secondary N) is 2. The maximum Gasteiger partial charge on any atom is 0.339 e. The summed E-state index contributed by atoms with van der Waals surface area (Å²) in [6.45, 7) is 5.99. The zero-order chi connectivity index (χ0) is 27.9.